The number of hydrazone groups is 1. The second-order valence-electron chi connectivity index (χ2n) is 7.21. The predicted octanol–water partition coefficient (Wildman–Crippen LogP) is 5.38. The molecule has 0 aliphatic carbocycles. The highest BCUT2D eigenvalue weighted by Crippen LogP contribution is 2.39. The Bertz CT molecular complexity index is 1140. The number of nitrogens with zero attached hydrogens (tertiary/aromatic N) is 2. The second kappa shape index (κ2) is 7.80. The monoisotopic (exact) mass is 387 g/mol. The van der Waals surface area contributed by atoms with Crippen LogP contribution in [0.5, 0.6) is 0 Å². The molecule has 3 heteroatoms. The molecule has 4 aromatic rings. The summed E-state index contributed by atoms with van der Waals surface area (Å²) in [7, 11) is 0. The Morgan fingerprint density at radius 1 is 0.500 bits per heavy atom. The Labute approximate surface area is 176 Å². The van der Waals surface area contributed by atoms with E-state index in [1.165, 1.54) is 0 Å². The molecule has 0 fully saturated rings. The number of amidine groups is 1. The SMILES string of the molecule is c1ccc(C2=NC(c3ccccc3)(c3ccccc3)C(c3ccccc3)=NN2)cc1. The predicted molar refractivity (Wildman–Crippen MR) is 123 cm³/mol. The molecule has 0 amide bonds. The fraction of sp³-hybridized carbons (Fsp3) is 0.0370. The summed E-state index contributed by atoms with van der Waals surface area (Å²) in [6.45, 7) is 0. The molecule has 0 saturated carbocycles. The van der Waals surface area contributed by atoms with Gasteiger partial charge >= 0.3 is 0 Å². The topological polar surface area (TPSA) is 36.8 Å². The van der Waals surface area contributed by atoms with E-state index in [0.717, 1.165) is 33.8 Å². The summed E-state index contributed by atoms with van der Waals surface area (Å²) in [5.74, 6) is 0.753. The van der Waals surface area contributed by atoms with Crippen molar-refractivity contribution in [1.82, 2.24) is 5.43 Å². The molecule has 1 heterocycles. The van der Waals surface area contributed by atoms with Crippen LogP contribution in [-0.2, 0) is 5.54 Å². The molecule has 144 valence electrons. The van der Waals surface area contributed by atoms with Crippen molar-refractivity contribution in [3.05, 3.63) is 144 Å². The molecule has 5 rings (SSSR count). The lowest BCUT2D eigenvalue weighted by Crippen LogP contribution is -2.44. The highest BCUT2D eigenvalue weighted by atomic mass is 15.4. The molecule has 0 saturated heterocycles. The molecule has 1 aliphatic rings. The molecule has 0 spiro atoms. The average molecular weight is 387 g/mol. The van der Waals surface area contributed by atoms with Crippen molar-refractivity contribution in [2.75, 3.05) is 0 Å². The van der Waals surface area contributed by atoms with Gasteiger partial charge in [0.15, 0.2) is 5.54 Å². The van der Waals surface area contributed by atoms with Gasteiger partial charge in [-0.2, -0.15) is 5.10 Å². The molecule has 0 atom stereocenters. The minimum absolute atomic E-state index is 0.753. The zero-order chi connectivity index (χ0) is 20.2. The lowest BCUT2D eigenvalue weighted by molar-refractivity contribution is 0.695. The number of benzene rings is 4. The van der Waals surface area contributed by atoms with Gasteiger partial charge in [-0.25, -0.2) is 4.99 Å². The number of hydrogen-bond acceptors (Lipinski definition) is 3. The van der Waals surface area contributed by atoms with Gasteiger partial charge in [0.25, 0.3) is 0 Å². The average Bonchev–Trinajstić information content (AvgIpc) is 2.86. The molecule has 0 unspecified atom stereocenters. The summed E-state index contributed by atoms with van der Waals surface area (Å²) in [5, 5.41) is 4.90. The lowest BCUT2D eigenvalue weighted by atomic mass is 9.76. The second-order valence-corrected chi connectivity index (χ2v) is 7.21. The van der Waals surface area contributed by atoms with Crippen LogP contribution >= 0.6 is 0 Å². The van der Waals surface area contributed by atoms with Crippen LogP contribution in [0.3, 0.4) is 0 Å². The molecular weight excluding hydrogens is 366 g/mol. The van der Waals surface area contributed by atoms with Crippen molar-refractivity contribution >= 4 is 11.5 Å². The van der Waals surface area contributed by atoms with Crippen molar-refractivity contribution in [3.63, 3.8) is 0 Å². The smallest absolute Gasteiger partial charge is 0.157 e. The Morgan fingerprint density at radius 2 is 0.933 bits per heavy atom. The van der Waals surface area contributed by atoms with Gasteiger partial charge in [0, 0.05) is 11.1 Å². The van der Waals surface area contributed by atoms with Crippen LogP contribution in [0.1, 0.15) is 22.3 Å². The maximum atomic E-state index is 5.36. The Balaban J connectivity index is 1.82. The van der Waals surface area contributed by atoms with Crippen molar-refractivity contribution in [3.8, 4) is 0 Å². The van der Waals surface area contributed by atoms with Gasteiger partial charge in [-0.3, -0.25) is 5.43 Å². The summed E-state index contributed by atoms with van der Waals surface area (Å²) in [6, 6.07) is 41.2. The third-order valence-electron chi connectivity index (χ3n) is 5.37. The highest BCUT2D eigenvalue weighted by molar-refractivity contribution is 6.14. The van der Waals surface area contributed by atoms with Crippen LogP contribution in [-0.4, -0.2) is 11.5 Å². The first-order chi connectivity index (χ1) is 14.9. The van der Waals surface area contributed by atoms with Crippen LogP contribution in [0.2, 0.25) is 0 Å². The zero-order valence-electron chi connectivity index (χ0n) is 16.4. The van der Waals surface area contributed by atoms with Crippen LogP contribution < -0.4 is 5.43 Å². The first kappa shape index (κ1) is 18.1. The fourth-order valence-electron chi connectivity index (χ4n) is 3.96. The Morgan fingerprint density at radius 3 is 1.43 bits per heavy atom. The highest BCUT2D eigenvalue weighted by Gasteiger charge is 2.43. The van der Waals surface area contributed by atoms with E-state index in [2.05, 4.69) is 78.2 Å². The third kappa shape index (κ3) is 3.11. The van der Waals surface area contributed by atoms with Crippen LogP contribution in [0, 0.1) is 0 Å². The van der Waals surface area contributed by atoms with E-state index in [1.807, 2.05) is 48.5 Å². The van der Waals surface area contributed by atoms with Gasteiger partial charge in [-0.05, 0) is 11.1 Å². The van der Waals surface area contributed by atoms with Gasteiger partial charge < -0.3 is 0 Å². The van der Waals surface area contributed by atoms with Gasteiger partial charge in [-0.1, -0.05) is 121 Å². The minimum Gasteiger partial charge on any atom is -0.261 e. The van der Waals surface area contributed by atoms with Crippen LogP contribution in [0.25, 0.3) is 0 Å². The molecule has 0 aromatic heterocycles. The quantitative estimate of drug-likeness (QED) is 0.501. The minimum atomic E-state index is -0.764. The standard InChI is InChI=1S/C27H21N3/c1-5-13-21(14-6-1)25-27(23-17-9-3-10-18-23,24-19-11-4-12-20-24)28-26(30-29-25)22-15-7-2-8-16-22/h1-20H,(H,28,30). The first-order valence-corrected chi connectivity index (χ1v) is 10.0. The van der Waals surface area contributed by atoms with E-state index in [0.29, 0.717) is 0 Å². The van der Waals surface area contributed by atoms with Gasteiger partial charge in [0.2, 0.25) is 0 Å². The van der Waals surface area contributed by atoms with E-state index < -0.39 is 5.54 Å². The van der Waals surface area contributed by atoms with E-state index in [-0.39, 0.29) is 0 Å². The molecule has 30 heavy (non-hydrogen) atoms. The summed E-state index contributed by atoms with van der Waals surface area (Å²) in [6.07, 6.45) is 0. The molecular formula is C27H21N3. The largest absolute Gasteiger partial charge is 0.261 e. The summed E-state index contributed by atoms with van der Waals surface area (Å²) in [4.78, 5) is 5.36. The molecule has 3 nitrogen and oxygen atoms in total. The summed E-state index contributed by atoms with van der Waals surface area (Å²) < 4.78 is 0. The molecule has 0 radical (unpaired) electrons. The van der Waals surface area contributed by atoms with Crippen molar-refractivity contribution in [2.45, 2.75) is 5.54 Å². The zero-order valence-corrected chi connectivity index (χ0v) is 16.4. The van der Waals surface area contributed by atoms with E-state index in [9.17, 15) is 0 Å². The lowest BCUT2D eigenvalue weighted by Gasteiger charge is -2.36. The fourth-order valence-corrected chi connectivity index (χ4v) is 3.96. The normalized spacial score (nSPS) is 14.9. The van der Waals surface area contributed by atoms with E-state index in [1.54, 1.807) is 0 Å². The Kier molecular flexibility index (Phi) is 4.70. The maximum absolute atomic E-state index is 5.36. The Hall–Kier alpha value is -3.98. The van der Waals surface area contributed by atoms with Gasteiger partial charge in [0.05, 0.1) is 0 Å². The maximum Gasteiger partial charge on any atom is 0.157 e. The number of aliphatic imine (C=N–C) groups is 1. The van der Waals surface area contributed by atoms with E-state index >= 15 is 0 Å². The first-order valence-electron chi connectivity index (χ1n) is 10.0. The van der Waals surface area contributed by atoms with E-state index in [4.69, 9.17) is 10.1 Å². The van der Waals surface area contributed by atoms with Gasteiger partial charge in [0.1, 0.15) is 11.5 Å². The molecule has 1 N–H and O–H groups in total. The summed E-state index contributed by atoms with van der Waals surface area (Å²) in [5.41, 5.74) is 7.52. The third-order valence-corrected chi connectivity index (χ3v) is 5.37. The molecule has 0 bridgehead atoms. The number of nitrogens with one attached hydrogen (secondary N) is 1. The number of rotatable bonds is 4. The summed E-state index contributed by atoms with van der Waals surface area (Å²) >= 11 is 0. The van der Waals surface area contributed by atoms with Crippen LogP contribution in [0.4, 0.5) is 0 Å². The molecule has 4 aromatic carbocycles. The van der Waals surface area contributed by atoms with Crippen molar-refractivity contribution in [1.29, 1.82) is 0 Å². The van der Waals surface area contributed by atoms with Crippen molar-refractivity contribution in [2.24, 2.45) is 10.1 Å². The number of hydrogen-bond donors (Lipinski definition) is 1. The van der Waals surface area contributed by atoms with Crippen molar-refractivity contribution < 1.29 is 0 Å². The van der Waals surface area contributed by atoms with Crippen LogP contribution in [0.15, 0.2) is 131 Å². The molecule has 1 aliphatic heterocycles. The van der Waals surface area contributed by atoms with Gasteiger partial charge in [-0.15, -0.1) is 0 Å².